The van der Waals surface area contributed by atoms with Crippen LogP contribution in [0.5, 0.6) is 0 Å². The monoisotopic (exact) mass is 429 g/mol. The van der Waals surface area contributed by atoms with Crippen LogP contribution in [0.2, 0.25) is 0 Å². The summed E-state index contributed by atoms with van der Waals surface area (Å²) in [6.45, 7) is 3.67. The number of nitro benzene ring substituents is 1. The van der Waals surface area contributed by atoms with Gasteiger partial charge in [-0.3, -0.25) is 29.4 Å². The molecule has 1 aromatic rings. The second-order valence-electron chi connectivity index (χ2n) is 8.46. The smallest absolute Gasteiger partial charge is 0.269 e. The zero-order chi connectivity index (χ0) is 22.7. The summed E-state index contributed by atoms with van der Waals surface area (Å²) in [5, 5.41) is 23.8. The van der Waals surface area contributed by atoms with Crippen LogP contribution in [0.1, 0.15) is 44.8 Å². The summed E-state index contributed by atoms with van der Waals surface area (Å²) in [5.74, 6) is -1.87. The van der Waals surface area contributed by atoms with Gasteiger partial charge in [0.25, 0.3) is 5.69 Å². The quantitative estimate of drug-likeness (QED) is 0.282. The van der Waals surface area contributed by atoms with Crippen LogP contribution in [0.25, 0.3) is 0 Å². The zero-order valence-electron chi connectivity index (χ0n) is 17.6. The molecule has 1 aromatic carbocycles. The van der Waals surface area contributed by atoms with Crippen molar-refractivity contribution in [2.45, 2.75) is 45.3 Å². The third kappa shape index (κ3) is 4.82. The van der Waals surface area contributed by atoms with Crippen LogP contribution in [-0.4, -0.2) is 45.2 Å². The fraction of sp³-hybridized carbons (Fsp3) is 0.500. The fourth-order valence-electron chi connectivity index (χ4n) is 4.16. The van der Waals surface area contributed by atoms with Gasteiger partial charge >= 0.3 is 0 Å². The lowest BCUT2D eigenvalue weighted by molar-refractivity contribution is -0.384. The Kier molecular flexibility index (Phi) is 6.84. The molecule has 0 radical (unpaired) electrons. The number of likely N-dealkylation sites (tertiary alicyclic amines) is 1. The average Bonchev–Trinajstić information content (AvgIpc) is 3.00. The number of amides is 3. The number of aliphatic hydroxyl groups excluding tert-OH is 1. The maximum Gasteiger partial charge on any atom is 0.269 e. The van der Waals surface area contributed by atoms with Gasteiger partial charge in [-0.25, -0.2) is 0 Å². The van der Waals surface area contributed by atoms with Gasteiger partial charge in [0, 0.05) is 18.7 Å². The molecule has 1 heterocycles. The van der Waals surface area contributed by atoms with Crippen molar-refractivity contribution in [3.8, 4) is 0 Å². The number of rotatable bonds is 8. The number of imide groups is 1. The maximum atomic E-state index is 13.0. The van der Waals surface area contributed by atoms with Crippen molar-refractivity contribution in [2.75, 3.05) is 6.54 Å². The van der Waals surface area contributed by atoms with Crippen molar-refractivity contribution in [1.29, 1.82) is 0 Å². The number of benzene rings is 1. The summed E-state index contributed by atoms with van der Waals surface area (Å²) >= 11 is 0. The van der Waals surface area contributed by atoms with Crippen LogP contribution < -0.4 is 5.32 Å². The minimum Gasteiger partial charge on any atom is -0.387 e. The number of carbonyl (C=O) groups excluding carboxylic acids is 3. The molecule has 0 spiro atoms. The van der Waals surface area contributed by atoms with Gasteiger partial charge in [-0.2, -0.15) is 0 Å². The molecule has 4 atom stereocenters. The first-order valence-electron chi connectivity index (χ1n) is 10.4. The highest BCUT2D eigenvalue weighted by Crippen LogP contribution is 2.37. The van der Waals surface area contributed by atoms with Crippen LogP contribution in [0.3, 0.4) is 0 Å². The average molecular weight is 429 g/mol. The van der Waals surface area contributed by atoms with Crippen molar-refractivity contribution in [3.63, 3.8) is 0 Å². The molecule has 3 amide bonds. The van der Waals surface area contributed by atoms with Gasteiger partial charge in [-0.15, -0.1) is 0 Å². The van der Waals surface area contributed by atoms with Crippen molar-refractivity contribution >= 4 is 23.4 Å². The molecule has 1 aliphatic heterocycles. The molecule has 1 saturated heterocycles. The molecular formula is C22H27N3O6. The van der Waals surface area contributed by atoms with E-state index < -0.39 is 34.8 Å². The first kappa shape index (κ1) is 22.6. The van der Waals surface area contributed by atoms with Crippen molar-refractivity contribution in [1.82, 2.24) is 10.2 Å². The molecule has 4 unspecified atom stereocenters. The number of aliphatic hydroxyl groups is 1. The summed E-state index contributed by atoms with van der Waals surface area (Å²) in [6, 6.07) is 4.46. The topological polar surface area (TPSA) is 130 Å². The number of allylic oxidation sites excluding steroid dienone is 2. The highest BCUT2D eigenvalue weighted by atomic mass is 16.6. The maximum absolute atomic E-state index is 13.0. The van der Waals surface area contributed by atoms with Crippen LogP contribution in [-0.2, 0) is 14.4 Å². The second kappa shape index (κ2) is 9.38. The minimum absolute atomic E-state index is 0.0664. The van der Waals surface area contributed by atoms with E-state index in [1.807, 2.05) is 26.0 Å². The molecule has 9 nitrogen and oxygen atoms in total. The Hall–Kier alpha value is -3.07. The normalized spacial score (nSPS) is 22.4. The summed E-state index contributed by atoms with van der Waals surface area (Å²) in [7, 11) is 0. The molecule has 2 aliphatic rings. The van der Waals surface area contributed by atoms with E-state index in [-0.39, 0.29) is 30.0 Å². The van der Waals surface area contributed by atoms with Crippen LogP contribution in [0, 0.1) is 27.9 Å². The summed E-state index contributed by atoms with van der Waals surface area (Å²) in [6.07, 6.45) is 4.04. The second-order valence-corrected chi connectivity index (χ2v) is 8.46. The number of non-ortho nitro benzene ring substituents is 1. The lowest BCUT2D eigenvalue weighted by Crippen LogP contribution is -2.51. The van der Waals surface area contributed by atoms with Gasteiger partial charge < -0.3 is 10.4 Å². The van der Waals surface area contributed by atoms with Gasteiger partial charge in [0.05, 0.1) is 22.9 Å². The SMILES string of the molecule is CC(C)CC(C(=O)NCC(O)c1ccc([N+](=O)[O-])cc1)N1C(=O)C2CC=CCC2C1=O. The molecule has 2 N–H and O–H groups in total. The van der Waals surface area contributed by atoms with Crippen molar-refractivity contribution in [2.24, 2.45) is 17.8 Å². The molecule has 1 aliphatic carbocycles. The molecule has 166 valence electrons. The first-order valence-corrected chi connectivity index (χ1v) is 10.4. The van der Waals surface area contributed by atoms with E-state index in [2.05, 4.69) is 5.32 Å². The molecule has 0 bridgehead atoms. The third-order valence-corrected chi connectivity index (χ3v) is 5.81. The first-order chi connectivity index (χ1) is 14.7. The number of fused-ring (bicyclic) bond motifs is 1. The van der Waals surface area contributed by atoms with Gasteiger partial charge in [0.1, 0.15) is 6.04 Å². The van der Waals surface area contributed by atoms with Gasteiger partial charge in [0.2, 0.25) is 17.7 Å². The minimum atomic E-state index is -1.08. The molecular weight excluding hydrogens is 402 g/mol. The number of hydrogen-bond donors (Lipinski definition) is 2. The van der Waals surface area contributed by atoms with E-state index >= 15 is 0 Å². The van der Waals surface area contributed by atoms with Crippen molar-refractivity contribution < 1.29 is 24.4 Å². The Labute approximate surface area is 180 Å². The van der Waals surface area contributed by atoms with E-state index in [4.69, 9.17) is 0 Å². The van der Waals surface area contributed by atoms with Crippen LogP contribution in [0.15, 0.2) is 36.4 Å². The molecule has 9 heteroatoms. The highest BCUT2D eigenvalue weighted by molar-refractivity contribution is 6.08. The Bertz CT molecular complexity index is 869. The molecule has 0 saturated carbocycles. The van der Waals surface area contributed by atoms with Gasteiger partial charge in [-0.1, -0.05) is 26.0 Å². The van der Waals surface area contributed by atoms with E-state index in [1.165, 1.54) is 24.3 Å². The largest absolute Gasteiger partial charge is 0.387 e. The zero-order valence-corrected chi connectivity index (χ0v) is 17.6. The molecule has 0 aromatic heterocycles. The molecule has 3 rings (SSSR count). The Morgan fingerprint density at radius 2 is 1.71 bits per heavy atom. The number of hydrogen-bond acceptors (Lipinski definition) is 6. The number of nitrogens with zero attached hydrogens (tertiary/aromatic N) is 2. The predicted molar refractivity (Wildman–Crippen MR) is 112 cm³/mol. The molecule has 31 heavy (non-hydrogen) atoms. The summed E-state index contributed by atoms with van der Waals surface area (Å²) in [4.78, 5) is 50.1. The van der Waals surface area contributed by atoms with Crippen LogP contribution >= 0.6 is 0 Å². The Morgan fingerprint density at radius 1 is 1.16 bits per heavy atom. The predicted octanol–water partition coefficient (Wildman–Crippen LogP) is 2.11. The number of carbonyl (C=O) groups is 3. The lowest BCUT2D eigenvalue weighted by Gasteiger charge is -2.27. The number of nitro groups is 1. The standard InChI is InChI=1S/C22H27N3O6/c1-13(2)11-18(24-21(28)16-5-3-4-6-17(16)22(24)29)20(27)23-12-19(26)14-7-9-15(10-8-14)25(30)31/h3-4,7-10,13,16-19,26H,5-6,11-12H2,1-2H3,(H,23,27). The highest BCUT2D eigenvalue weighted by Gasteiger charge is 2.51. The third-order valence-electron chi connectivity index (χ3n) is 5.81. The van der Waals surface area contributed by atoms with Crippen molar-refractivity contribution in [3.05, 3.63) is 52.1 Å². The molecule has 1 fully saturated rings. The van der Waals surface area contributed by atoms with Crippen LogP contribution in [0.4, 0.5) is 5.69 Å². The summed E-state index contributed by atoms with van der Waals surface area (Å²) < 4.78 is 0. The Morgan fingerprint density at radius 3 is 2.19 bits per heavy atom. The van der Waals surface area contributed by atoms with E-state index in [1.54, 1.807) is 0 Å². The van der Waals surface area contributed by atoms with Gasteiger partial charge in [-0.05, 0) is 42.9 Å². The van der Waals surface area contributed by atoms with Gasteiger partial charge in [0.15, 0.2) is 0 Å². The van der Waals surface area contributed by atoms with E-state index in [0.717, 1.165) is 4.90 Å². The lowest BCUT2D eigenvalue weighted by atomic mass is 9.85. The van der Waals surface area contributed by atoms with E-state index in [0.29, 0.717) is 24.8 Å². The Balaban J connectivity index is 1.69. The number of nitrogens with one attached hydrogen (secondary N) is 1. The van der Waals surface area contributed by atoms with E-state index in [9.17, 15) is 29.6 Å². The summed E-state index contributed by atoms with van der Waals surface area (Å²) in [5.41, 5.74) is 0.315. The fourth-order valence-corrected chi connectivity index (χ4v) is 4.16.